The standard InChI is InChI=1S/C25H26ClNO9/c1-12-16(10-20(29)36-25-23(32)22(31)21(30)19(11-28)35-25)17-9-15(34-2)7-8-18(17)27(12)24(33)13-3-5-14(26)6-4-13/h3-9,19,21-23,25,28,30-32H,10-11H2,1-2H3/t19-,21-,22+,23-,25?/m1/s1. The summed E-state index contributed by atoms with van der Waals surface area (Å²) in [7, 11) is 1.50. The van der Waals surface area contributed by atoms with Crippen molar-refractivity contribution < 1.29 is 44.2 Å². The number of fused-ring (bicyclic) bond motifs is 1. The first-order valence-corrected chi connectivity index (χ1v) is 11.5. The molecule has 1 saturated heterocycles. The maximum atomic E-state index is 13.4. The van der Waals surface area contributed by atoms with Gasteiger partial charge in [-0.05, 0) is 55.0 Å². The number of aromatic nitrogens is 1. The summed E-state index contributed by atoms with van der Waals surface area (Å²) >= 11 is 5.95. The summed E-state index contributed by atoms with van der Waals surface area (Å²) in [6, 6.07) is 11.5. The van der Waals surface area contributed by atoms with Gasteiger partial charge in [-0.25, -0.2) is 0 Å². The van der Waals surface area contributed by atoms with Gasteiger partial charge < -0.3 is 34.6 Å². The number of esters is 1. The quantitative estimate of drug-likeness (QED) is 0.352. The Morgan fingerprint density at radius 3 is 2.39 bits per heavy atom. The maximum absolute atomic E-state index is 13.4. The highest BCUT2D eigenvalue weighted by atomic mass is 35.5. The van der Waals surface area contributed by atoms with Crippen LogP contribution in [0.15, 0.2) is 42.5 Å². The Hall–Kier alpha value is -2.99. The summed E-state index contributed by atoms with van der Waals surface area (Å²) in [4.78, 5) is 26.3. The molecule has 5 atom stereocenters. The number of ether oxygens (including phenoxy) is 3. The van der Waals surface area contributed by atoms with Gasteiger partial charge in [0.25, 0.3) is 5.91 Å². The van der Waals surface area contributed by atoms with Crippen molar-refractivity contribution in [2.75, 3.05) is 13.7 Å². The third kappa shape index (κ3) is 4.83. The molecule has 4 N–H and O–H groups in total. The maximum Gasteiger partial charge on any atom is 0.312 e. The number of rotatable bonds is 6. The Morgan fingerprint density at radius 1 is 1.06 bits per heavy atom. The van der Waals surface area contributed by atoms with Gasteiger partial charge in [-0.15, -0.1) is 0 Å². The van der Waals surface area contributed by atoms with Crippen molar-refractivity contribution >= 4 is 34.4 Å². The summed E-state index contributed by atoms with van der Waals surface area (Å²) in [6.07, 6.45) is -8.10. The zero-order valence-corrected chi connectivity index (χ0v) is 20.3. The molecule has 1 unspecified atom stereocenters. The van der Waals surface area contributed by atoms with E-state index in [1.807, 2.05) is 0 Å². The Bertz CT molecular complexity index is 1270. The summed E-state index contributed by atoms with van der Waals surface area (Å²) in [5.41, 5.74) is 1.92. The van der Waals surface area contributed by atoms with Crippen LogP contribution in [0.1, 0.15) is 21.6 Å². The summed E-state index contributed by atoms with van der Waals surface area (Å²) in [5, 5.41) is 40.5. The summed E-state index contributed by atoms with van der Waals surface area (Å²) in [6.45, 7) is 1.04. The molecule has 0 saturated carbocycles. The first-order valence-electron chi connectivity index (χ1n) is 11.1. The second-order valence-corrected chi connectivity index (χ2v) is 8.89. The third-order valence-electron chi connectivity index (χ3n) is 6.25. The normalized spacial score (nSPS) is 24.0. The topological polar surface area (TPSA) is 148 Å². The van der Waals surface area contributed by atoms with Crippen molar-refractivity contribution in [2.24, 2.45) is 0 Å². The zero-order valence-electron chi connectivity index (χ0n) is 19.5. The molecule has 0 spiro atoms. The van der Waals surface area contributed by atoms with Crippen molar-refractivity contribution in [3.8, 4) is 5.75 Å². The molecular weight excluding hydrogens is 494 g/mol. The third-order valence-corrected chi connectivity index (χ3v) is 6.51. The van der Waals surface area contributed by atoms with Crippen molar-refractivity contribution in [2.45, 2.75) is 44.1 Å². The number of aliphatic hydroxyl groups is 4. The van der Waals surface area contributed by atoms with E-state index in [2.05, 4.69) is 0 Å². The molecule has 1 aromatic heterocycles. The molecular formula is C25H26ClNO9. The van der Waals surface area contributed by atoms with E-state index in [0.717, 1.165) is 0 Å². The number of nitrogens with zero attached hydrogens (tertiary/aromatic N) is 1. The van der Waals surface area contributed by atoms with Gasteiger partial charge in [0.1, 0.15) is 30.2 Å². The van der Waals surface area contributed by atoms with E-state index in [4.69, 9.17) is 25.8 Å². The summed E-state index contributed by atoms with van der Waals surface area (Å²) in [5.74, 6) is -0.627. The van der Waals surface area contributed by atoms with Crippen molar-refractivity contribution in [1.29, 1.82) is 0 Å². The monoisotopic (exact) mass is 519 g/mol. The molecule has 10 nitrogen and oxygen atoms in total. The van der Waals surface area contributed by atoms with Gasteiger partial charge >= 0.3 is 5.97 Å². The van der Waals surface area contributed by atoms with Crippen LogP contribution >= 0.6 is 11.6 Å². The van der Waals surface area contributed by atoms with Gasteiger partial charge in [0.2, 0.25) is 6.29 Å². The molecule has 192 valence electrons. The highest BCUT2D eigenvalue weighted by Gasteiger charge is 2.45. The second-order valence-electron chi connectivity index (χ2n) is 8.46. The minimum atomic E-state index is -1.72. The molecule has 0 aliphatic carbocycles. The number of carbonyl (C=O) groups excluding carboxylic acids is 2. The smallest absolute Gasteiger partial charge is 0.312 e. The minimum absolute atomic E-state index is 0.300. The molecule has 0 amide bonds. The molecule has 1 aliphatic heterocycles. The number of aliphatic hydroxyl groups excluding tert-OH is 4. The van der Waals surface area contributed by atoms with E-state index in [0.29, 0.717) is 38.5 Å². The average molecular weight is 520 g/mol. The Labute approximate surface area is 211 Å². The highest BCUT2D eigenvalue weighted by molar-refractivity contribution is 6.30. The van der Waals surface area contributed by atoms with Crippen LogP contribution in [0.4, 0.5) is 0 Å². The number of carbonyl (C=O) groups is 2. The van der Waals surface area contributed by atoms with E-state index >= 15 is 0 Å². The van der Waals surface area contributed by atoms with Crippen molar-refractivity contribution in [1.82, 2.24) is 4.57 Å². The van der Waals surface area contributed by atoms with Crippen LogP contribution in [0, 0.1) is 6.92 Å². The lowest BCUT2D eigenvalue weighted by Crippen LogP contribution is -2.59. The lowest BCUT2D eigenvalue weighted by atomic mass is 9.99. The highest BCUT2D eigenvalue weighted by Crippen LogP contribution is 2.31. The van der Waals surface area contributed by atoms with E-state index < -0.39 is 43.3 Å². The fourth-order valence-corrected chi connectivity index (χ4v) is 4.40. The van der Waals surface area contributed by atoms with Gasteiger partial charge in [-0.1, -0.05) is 11.6 Å². The number of hydrogen-bond donors (Lipinski definition) is 4. The van der Waals surface area contributed by atoms with E-state index in [1.165, 1.54) is 11.7 Å². The lowest BCUT2D eigenvalue weighted by molar-refractivity contribution is -0.292. The first-order chi connectivity index (χ1) is 17.2. The molecule has 4 rings (SSSR count). The minimum Gasteiger partial charge on any atom is -0.497 e. The molecule has 36 heavy (non-hydrogen) atoms. The fourth-order valence-electron chi connectivity index (χ4n) is 4.28. The van der Waals surface area contributed by atoms with Crippen molar-refractivity contribution in [3.63, 3.8) is 0 Å². The van der Waals surface area contributed by atoms with Crippen LogP contribution in [0.2, 0.25) is 5.02 Å². The molecule has 0 bridgehead atoms. The Kier molecular flexibility index (Phi) is 7.65. The van der Waals surface area contributed by atoms with E-state index in [1.54, 1.807) is 49.4 Å². The zero-order chi connectivity index (χ0) is 26.1. The molecule has 11 heteroatoms. The number of benzene rings is 2. The van der Waals surface area contributed by atoms with Crippen LogP contribution in [0.5, 0.6) is 5.75 Å². The Balaban J connectivity index is 1.67. The predicted molar refractivity (Wildman–Crippen MR) is 128 cm³/mol. The van der Waals surface area contributed by atoms with Gasteiger partial charge in [-0.3, -0.25) is 14.2 Å². The fraction of sp³-hybridized carbons (Fsp3) is 0.360. The van der Waals surface area contributed by atoms with Crippen LogP contribution in [-0.2, 0) is 20.7 Å². The van der Waals surface area contributed by atoms with Crippen LogP contribution < -0.4 is 4.74 Å². The number of halogens is 1. The van der Waals surface area contributed by atoms with Crippen LogP contribution in [-0.4, -0.2) is 81.3 Å². The largest absolute Gasteiger partial charge is 0.497 e. The molecule has 1 aliphatic rings. The van der Waals surface area contributed by atoms with Crippen LogP contribution in [0.3, 0.4) is 0 Å². The molecule has 2 heterocycles. The molecule has 2 aromatic carbocycles. The molecule has 0 radical (unpaired) electrons. The number of methoxy groups -OCH3 is 1. The summed E-state index contributed by atoms with van der Waals surface area (Å²) < 4.78 is 17.3. The molecule has 1 fully saturated rings. The predicted octanol–water partition coefficient (Wildman–Crippen LogP) is 1.19. The SMILES string of the molecule is COc1ccc2c(c1)c(CC(=O)OC1O[C@H](CO)[C@@H](O)[C@H](O)[C@H]1O)c(C)n2C(=O)c1ccc(Cl)cc1. The van der Waals surface area contributed by atoms with Crippen LogP contribution in [0.25, 0.3) is 10.9 Å². The van der Waals surface area contributed by atoms with Gasteiger partial charge in [0, 0.05) is 21.7 Å². The van der Waals surface area contributed by atoms with E-state index in [-0.39, 0.29) is 12.3 Å². The Morgan fingerprint density at radius 2 is 1.75 bits per heavy atom. The second kappa shape index (κ2) is 10.6. The van der Waals surface area contributed by atoms with Gasteiger partial charge in [0.05, 0.1) is 25.7 Å². The van der Waals surface area contributed by atoms with E-state index in [9.17, 15) is 30.0 Å². The average Bonchev–Trinajstić information content (AvgIpc) is 3.14. The van der Waals surface area contributed by atoms with Gasteiger partial charge in [0.15, 0.2) is 0 Å². The van der Waals surface area contributed by atoms with Crippen molar-refractivity contribution in [3.05, 3.63) is 64.3 Å². The van der Waals surface area contributed by atoms with Gasteiger partial charge in [-0.2, -0.15) is 0 Å². The molecule has 3 aromatic rings. The first kappa shape index (κ1) is 26.1. The lowest BCUT2D eigenvalue weighted by Gasteiger charge is -2.39. The number of hydrogen-bond acceptors (Lipinski definition) is 9.